The molecule has 2 rings (SSSR count). The lowest BCUT2D eigenvalue weighted by Crippen LogP contribution is -2.05. The predicted octanol–water partition coefficient (Wildman–Crippen LogP) is 0.793. The smallest absolute Gasteiger partial charge is 0.247 e. The highest BCUT2D eigenvalue weighted by molar-refractivity contribution is 7.91. The van der Waals surface area contributed by atoms with Crippen LogP contribution in [0.4, 0.5) is 5.82 Å². The lowest BCUT2D eigenvalue weighted by molar-refractivity contribution is 0.298. The van der Waals surface area contributed by atoms with Crippen LogP contribution in [-0.4, -0.2) is 18.7 Å². The van der Waals surface area contributed by atoms with E-state index < -0.39 is 9.84 Å². The molecule has 0 aliphatic rings. The fourth-order valence-corrected chi connectivity index (χ4v) is 2.36. The topological polar surface area (TPSA) is 99.1 Å². The van der Waals surface area contributed by atoms with Crippen molar-refractivity contribution in [2.75, 3.05) is 5.73 Å². The van der Waals surface area contributed by atoms with Gasteiger partial charge in [0.2, 0.25) is 20.7 Å². The number of anilines is 1. The molecular weight excluding hydrogens is 230 g/mol. The van der Waals surface area contributed by atoms with E-state index in [1.807, 2.05) is 6.92 Å². The molecule has 0 aliphatic heterocycles. The fraction of sp³-hybridized carbons (Fsp3) is 0.111. The van der Waals surface area contributed by atoms with Gasteiger partial charge in [-0.3, -0.25) is 0 Å². The van der Waals surface area contributed by atoms with Gasteiger partial charge in [-0.2, -0.15) is 0 Å². The van der Waals surface area contributed by atoms with E-state index in [1.165, 1.54) is 12.1 Å². The van der Waals surface area contributed by atoms with Gasteiger partial charge in [0.05, 0.1) is 4.90 Å². The van der Waals surface area contributed by atoms with Gasteiger partial charge in [0.1, 0.15) is 0 Å². The Morgan fingerprint density at radius 1 is 1.19 bits per heavy atom. The van der Waals surface area contributed by atoms with Gasteiger partial charge in [0.25, 0.3) is 0 Å². The number of benzene rings is 1. The van der Waals surface area contributed by atoms with Crippen molar-refractivity contribution >= 4 is 15.7 Å². The number of nitrogens with two attached hydrogens (primary N) is 1. The second-order valence-electron chi connectivity index (χ2n) is 3.27. The van der Waals surface area contributed by atoms with E-state index in [1.54, 1.807) is 12.1 Å². The molecule has 0 saturated heterocycles. The summed E-state index contributed by atoms with van der Waals surface area (Å²) in [5.74, 6) is -0.236. The summed E-state index contributed by atoms with van der Waals surface area (Å²) in [6.45, 7) is 1.86. The molecule has 0 spiro atoms. The van der Waals surface area contributed by atoms with Crippen molar-refractivity contribution < 1.29 is 13.0 Å². The highest BCUT2D eigenvalue weighted by Crippen LogP contribution is 2.22. The number of sulfone groups is 1. The minimum absolute atomic E-state index is 0.112. The predicted molar refractivity (Wildman–Crippen MR) is 55.3 cm³/mol. The first-order valence-corrected chi connectivity index (χ1v) is 5.90. The zero-order valence-electron chi connectivity index (χ0n) is 8.41. The molecule has 0 fully saturated rings. The zero-order valence-corrected chi connectivity index (χ0v) is 9.23. The van der Waals surface area contributed by atoms with Crippen molar-refractivity contribution in [2.24, 2.45) is 0 Å². The molecule has 2 aromatic rings. The molecule has 0 radical (unpaired) electrons. The first-order valence-electron chi connectivity index (χ1n) is 4.41. The van der Waals surface area contributed by atoms with E-state index in [0.717, 1.165) is 5.56 Å². The van der Waals surface area contributed by atoms with Gasteiger partial charge in [-0.25, -0.2) is 13.0 Å². The summed E-state index contributed by atoms with van der Waals surface area (Å²) in [5, 5.41) is 6.18. The van der Waals surface area contributed by atoms with Gasteiger partial charge >= 0.3 is 0 Å². The van der Waals surface area contributed by atoms with Crippen LogP contribution in [0.2, 0.25) is 0 Å². The van der Waals surface area contributed by atoms with Gasteiger partial charge in [-0.05, 0) is 29.4 Å². The quantitative estimate of drug-likeness (QED) is 0.831. The van der Waals surface area contributed by atoms with Crippen LogP contribution in [-0.2, 0) is 9.84 Å². The summed E-state index contributed by atoms with van der Waals surface area (Å²) < 4.78 is 28.2. The molecular formula is C9H9N3O3S. The summed E-state index contributed by atoms with van der Waals surface area (Å²) in [4.78, 5) is 0.112. The van der Waals surface area contributed by atoms with Gasteiger partial charge in [0, 0.05) is 0 Å². The molecule has 1 aromatic carbocycles. The van der Waals surface area contributed by atoms with E-state index in [4.69, 9.17) is 5.73 Å². The highest BCUT2D eigenvalue weighted by atomic mass is 32.2. The average Bonchev–Trinajstić information content (AvgIpc) is 2.66. The third kappa shape index (κ3) is 1.65. The maximum atomic E-state index is 12.0. The molecule has 0 unspecified atom stereocenters. The van der Waals surface area contributed by atoms with Crippen molar-refractivity contribution in [3.8, 4) is 0 Å². The average molecular weight is 239 g/mol. The molecule has 0 saturated carbocycles. The SMILES string of the molecule is Cc1ccc(S(=O)(=O)c2nonc2N)cc1. The molecule has 0 amide bonds. The monoisotopic (exact) mass is 239 g/mol. The van der Waals surface area contributed by atoms with Crippen LogP contribution in [0.1, 0.15) is 5.56 Å². The molecule has 84 valence electrons. The molecule has 6 nitrogen and oxygen atoms in total. The van der Waals surface area contributed by atoms with Gasteiger partial charge in [-0.1, -0.05) is 17.7 Å². The van der Waals surface area contributed by atoms with Crippen molar-refractivity contribution in [1.29, 1.82) is 0 Å². The second kappa shape index (κ2) is 3.60. The maximum Gasteiger partial charge on any atom is 0.247 e. The Kier molecular flexibility index (Phi) is 2.39. The minimum Gasteiger partial charge on any atom is -0.378 e. The summed E-state index contributed by atoms with van der Waals surface area (Å²) >= 11 is 0. The van der Waals surface area contributed by atoms with Gasteiger partial charge in [0.15, 0.2) is 0 Å². The summed E-state index contributed by atoms with van der Waals surface area (Å²) in [7, 11) is -3.74. The van der Waals surface area contributed by atoms with Crippen molar-refractivity contribution in [2.45, 2.75) is 16.8 Å². The van der Waals surface area contributed by atoms with E-state index >= 15 is 0 Å². The lowest BCUT2D eigenvalue weighted by Gasteiger charge is -2.00. The Hall–Kier alpha value is -1.89. The Labute approximate surface area is 92.0 Å². The molecule has 7 heteroatoms. The Balaban J connectivity index is 2.56. The van der Waals surface area contributed by atoms with Crippen LogP contribution in [0.5, 0.6) is 0 Å². The third-order valence-corrected chi connectivity index (χ3v) is 3.75. The highest BCUT2D eigenvalue weighted by Gasteiger charge is 2.25. The summed E-state index contributed by atoms with van der Waals surface area (Å²) in [6, 6.07) is 6.35. The van der Waals surface area contributed by atoms with Crippen molar-refractivity contribution in [3.63, 3.8) is 0 Å². The van der Waals surface area contributed by atoms with E-state index in [0.29, 0.717) is 0 Å². The van der Waals surface area contributed by atoms with E-state index in [2.05, 4.69) is 14.9 Å². The van der Waals surface area contributed by atoms with E-state index in [9.17, 15) is 8.42 Å². The molecule has 2 N–H and O–H groups in total. The van der Waals surface area contributed by atoms with Crippen LogP contribution >= 0.6 is 0 Å². The fourth-order valence-electron chi connectivity index (χ4n) is 1.20. The Bertz CT molecular complexity index is 601. The van der Waals surface area contributed by atoms with Crippen molar-refractivity contribution in [1.82, 2.24) is 10.3 Å². The van der Waals surface area contributed by atoms with Gasteiger partial charge < -0.3 is 5.73 Å². The lowest BCUT2D eigenvalue weighted by atomic mass is 10.2. The Morgan fingerprint density at radius 3 is 2.31 bits per heavy atom. The minimum atomic E-state index is -3.74. The molecule has 0 atom stereocenters. The summed E-state index contributed by atoms with van der Waals surface area (Å²) in [6.07, 6.45) is 0. The number of aromatic nitrogens is 2. The van der Waals surface area contributed by atoms with Crippen LogP contribution in [0.15, 0.2) is 38.8 Å². The largest absolute Gasteiger partial charge is 0.378 e. The van der Waals surface area contributed by atoms with Crippen molar-refractivity contribution in [3.05, 3.63) is 29.8 Å². The number of nitrogens with zero attached hydrogens (tertiary/aromatic N) is 2. The number of nitrogen functional groups attached to an aromatic ring is 1. The number of rotatable bonds is 2. The Morgan fingerprint density at radius 2 is 1.81 bits per heavy atom. The molecule has 0 aliphatic carbocycles. The number of aryl methyl sites for hydroxylation is 1. The number of hydrogen-bond donors (Lipinski definition) is 1. The maximum absolute atomic E-state index is 12.0. The van der Waals surface area contributed by atoms with Crippen LogP contribution in [0.3, 0.4) is 0 Å². The summed E-state index contributed by atoms with van der Waals surface area (Å²) in [5.41, 5.74) is 6.31. The van der Waals surface area contributed by atoms with Gasteiger partial charge in [-0.15, -0.1) is 0 Å². The molecule has 0 bridgehead atoms. The molecule has 1 aromatic heterocycles. The normalized spacial score (nSPS) is 11.6. The van der Waals surface area contributed by atoms with Crippen LogP contribution < -0.4 is 5.73 Å². The first-order chi connectivity index (χ1) is 7.51. The molecule has 1 heterocycles. The van der Waals surface area contributed by atoms with Crippen LogP contribution in [0.25, 0.3) is 0 Å². The third-order valence-electron chi connectivity index (χ3n) is 2.07. The van der Waals surface area contributed by atoms with Crippen LogP contribution in [0, 0.1) is 6.92 Å². The zero-order chi connectivity index (χ0) is 11.8. The molecule has 16 heavy (non-hydrogen) atoms. The first kappa shape index (κ1) is 10.6. The number of hydrogen-bond acceptors (Lipinski definition) is 6. The second-order valence-corrected chi connectivity index (χ2v) is 5.14. The standard InChI is InChI=1S/C9H9N3O3S/c1-6-2-4-7(5-3-6)16(13,14)9-8(10)11-15-12-9/h2-5H,1H3,(H2,10,11). The van der Waals surface area contributed by atoms with E-state index in [-0.39, 0.29) is 15.7 Å².